The molecule has 228 valence electrons. The minimum absolute atomic E-state index is 0. The Bertz CT molecular complexity index is 1110. The van der Waals surface area contributed by atoms with Gasteiger partial charge in [0, 0.05) is 0 Å². The summed E-state index contributed by atoms with van der Waals surface area (Å²) in [5.74, 6) is 0. The topological polar surface area (TPSA) is 0 Å². The number of fused-ring (bicyclic) bond motifs is 3. The van der Waals surface area contributed by atoms with E-state index in [0.29, 0.717) is 0 Å². The van der Waals surface area contributed by atoms with E-state index in [9.17, 15) is 0 Å². The van der Waals surface area contributed by atoms with Crippen LogP contribution in [0.2, 0.25) is 11.1 Å². The van der Waals surface area contributed by atoms with E-state index in [0.717, 1.165) is 12.8 Å². The zero-order valence-electron chi connectivity index (χ0n) is 27.0. The molecule has 0 amide bonds. The first-order valence-corrected chi connectivity index (χ1v) is 21.4. The Hall–Kier alpha value is -0.400. The molecule has 0 saturated heterocycles. The first-order valence-electron chi connectivity index (χ1n) is 16.0. The molecule has 2 aromatic rings. The monoisotopic (exact) mass is 696 g/mol. The van der Waals surface area contributed by atoms with Gasteiger partial charge in [-0.25, -0.2) is 12.2 Å². The van der Waals surface area contributed by atoms with E-state index in [1.54, 1.807) is 51.4 Å². The second-order valence-electron chi connectivity index (χ2n) is 14.5. The number of hydrogen-bond donors (Lipinski definition) is 0. The second kappa shape index (κ2) is 17.3. The van der Waals surface area contributed by atoms with Gasteiger partial charge in [0.15, 0.2) is 0 Å². The first kappa shape index (κ1) is 37.8. The summed E-state index contributed by atoms with van der Waals surface area (Å²) in [6.07, 6.45) is 26.7. The Kier molecular flexibility index (Phi) is 15.6. The predicted molar refractivity (Wildman–Crippen MR) is 172 cm³/mol. The van der Waals surface area contributed by atoms with Crippen molar-refractivity contribution in [2.24, 2.45) is 0 Å². The van der Waals surface area contributed by atoms with Crippen LogP contribution in [0.4, 0.5) is 0 Å². The average Bonchev–Trinajstić information content (AvgIpc) is 3.64. The van der Waals surface area contributed by atoms with Gasteiger partial charge < -0.3 is 24.8 Å². The van der Waals surface area contributed by atoms with Gasteiger partial charge in [-0.3, -0.25) is 6.08 Å². The standard InChI is InChI=1S/C21H25.C12H22Si.C5H5.2ClH.Zr/c1-20(2,3)16-9-7-14-11-15-8-10-17(21(4,5)6)13-19(15)18(14)12-16;1-3-7-11(8-4-1)13-12-9-5-2-6-10-12;1-2-4-5-3-1;;;/h7,9-10,12-13H,11H2,1-6H3;11-12H,1-10H2;1-3H,4H2;2*1H;/q-1;;-1;;;+2/p-2. The van der Waals surface area contributed by atoms with E-state index < -0.39 is 0 Å². The van der Waals surface area contributed by atoms with Gasteiger partial charge in [0.25, 0.3) is 0 Å². The molecule has 0 aliphatic heterocycles. The summed E-state index contributed by atoms with van der Waals surface area (Å²) in [7, 11) is 0. The molecule has 2 fully saturated rings. The number of halogens is 2. The number of rotatable bonds is 2. The SMILES string of the molecule is CC(C)(C)c1c[c-]c2c(c1)-c1cc(C(C)(C)C)ccc1C2.[C-]1=CC=CC1.[Cl-].[Cl-].[Zr+2]=[Si](C1CCCCC1)C1CCCCC1. The molecule has 4 heteroatoms. The summed E-state index contributed by atoms with van der Waals surface area (Å²) in [5.41, 5.74) is 11.3. The van der Waals surface area contributed by atoms with Crippen LogP contribution in [0.5, 0.6) is 0 Å². The van der Waals surface area contributed by atoms with Crippen LogP contribution < -0.4 is 24.8 Å². The molecule has 0 radical (unpaired) electrons. The summed E-state index contributed by atoms with van der Waals surface area (Å²) in [5, 5.41) is 0. The first-order chi connectivity index (χ1) is 19.0. The Balaban J connectivity index is 0.000000253. The molecular weight excluding hydrogens is 647 g/mol. The van der Waals surface area contributed by atoms with Gasteiger partial charge in [0.1, 0.15) is 0 Å². The van der Waals surface area contributed by atoms with Gasteiger partial charge in [-0.1, -0.05) is 76.3 Å². The molecule has 0 bridgehead atoms. The fourth-order valence-corrected chi connectivity index (χ4v) is 13.5. The summed E-state index contributed by atoms with van der Waals surface area (Å²) in [6.45, 7) is 13.6. The average molecular weight is 699 g/mol. The molecule has 0 N–H and O–H groups in total. The molecule has 2 aromatic carbocycles. The molecule has 2 saturated carbocycles. The van der Waals surface area contributed by atoms with Crippen LogP contribution in [0.15, 0.2) is 48.6 Å². The van der Waals surface area contributed by atoms with Gasteiger partial charge in [-0.05, 0) is 17.4 Å². The van der Waals surface area contributed by atoms with Gasteiger partial charge in [0.05, 0.1) is 0 Å². The van der Waals surface area contributed by atoms with Gasteiger partial charge in [0.2, 0.25) is 0 Å². The predicted octanol–water partition coefficient (Wildman–Crippen LogP) is 5.16. The van der Waals surface area contributed by atoms with E-state index in [1.807, 2.05) is 35.5 Å². The van der Waals surface area contributed by atoms with E-state index in [1.165, 1.54) is 57.3 Å². The van der Waals surface area contributed by atoms with Crippen molar-refractivity contribution in [3.63, 3.8) is 0 Å². The minimum atomic E-state index is 0. The molecule has 0 aromatic heterocycles. The maximum atomic E-state index is 3.53. The summed E-state index contributed by atoms with van der Waals surface area (Å²) < 4.78 is 0. The Morgan fingerprint density at radius 1 is 0.738 bits per heavy atom. The number of hydrogen-bond acceptors (Lipinski definition) is 0. The quantitative estimate of drug-likeness (QED) is 0.257. The normalized spacial score (nSPS) is 17.9. The Labute approximate surface area is 286 Å². The zero-order chi connectivity index (χ0) is 28.8. The van der Waals surface area contributed by atoms with Crippen molar-refractivity contribution in [1.29, 1.82) is 0 Å². The van der Waals surface area contributed by atoms with E-state index in [4.69, 9.17) is 0 Å². The van der Waals surface area contributed by atoms with Gasteiger partial charge in [-0.2, -0.15) is 35.4 Å². The van der Waals surface area contributed by atoms with Crippen LogP contribution in [0, 0.1) is 12.1 Å². The molecule has 42 heavy (non-hydrogen) atoms. The maximum absolute atomic E-state index is 3.53. The van der Waals surface area contributed by atoms with E-state index in [-0.39, 0.29) is 41.1 Å². The molecule has 0 nitrogen and oxygen atoms in total. The van der Waals surface area contributed by atoms with Crippen molar-refractivity contribution in [1.82, 2.24) is 0 Å². The van der Waals surface area contributed by atoms with E-state index in [2.05, 4.69) is 90.1 Å². The van der Waals surface area contributed by atoms with Crippen LogP contribution in [0.25, 0.3) is 11.1 Å². The Morgan fingerprint density at radius 3 is 1.74 bits per heavy atom. The molecule has 0 unspecified atom stereocenters. The summed E-state index contributed by atoms with van der Waals surface area (Å²) in [6, 6.07) is 15.1. The molecule has 6 rings (SSSR count). The van der Waals surface area contributed by atoms with Crippen molar-refractivity contribution >= 4 is 5.43 Å². The number of allylic oxidation sites excluding steroid dienone is 4. The molecular formula is C38H52Cl2SiZr-2. The van der Waals surface area contributed by atoms with Crippen molar-refractivity contribution in [2.75, 3.05) is 0 Å². The third-order valence-corrected chi connectivity index (χ3v) is 18.1. The fraction of sp³-hybridized carbons (Fsp3) is 0.579. The van der Waals surface area contributed by atoms with Crippen LogP contribution in [-0.4, -0.2) is 5.43 Å². The van der Waals surface area contributed by atoms with Gasteiger partial charge in [-0.15, -0.1) is 12.0 Å². The van der Waals surface area contributed by atoms with Crippen molar-refractivity contribution < 1.29 is 48.1 Å². The van der Waals surface area contributed by atoms with Crippen LogP contribution in [0.3, 0.4) is 0 Å². The molecule has 4 aliphatic rings. The fourth-order valence-electron chi connectivity index (χ4n) is 6.49. The van der Waals surface area contributed by atoms with Crippen molar-refractivity contribution in [3.05, 3.63) is 83.0 Å². The summed E-state index contributed by atoms with van der Waals surface area (Å²) in [4.78, 5) is 0. The Morgan fingerprint density at radius 2 is 1.29 bits per heavy atom. The van der Waals surface area contributed by atoms with Gasteiger partial charge >= 0.3 is 104 Å². The molecule has 0 atom stereocenters. The third-order valence-electron chi connectivity index (χ3n) is 9.20. The summed E-state index contributed by atoms with van der Waals surface area (Å²) >= 11 is 1.95. The molecule has 0 spiro atoms. The van der Waals surface area contributed by atoms with E-state index >= 15 is 0 Å². The van der Waals surface area contributed by atoms with Crippen molar-refractivity contribution in [2.45, 2.75) is 141 Å². The third kappa shape index (κ3) is 10.6. The molecule has 4 aliphatic carbocycles. The van der Waals surface area contributed by atoms with Crippen LogP contribution in [-0.2, 0) is 40.6 Å². The van der Waals surface area contributed by atoms with Crippen molar-refractivity contribution in [3.8, 4) is 11.1 Å². The number of benzene rings is 2. The van der Waals surface area contributed by atoms with Crippen LogP contribution in [0.1, 0.15) is 134 Å². The molecule has 0 heterocycles. The zero-order valence-corrected chi connectivity index (χ0v) is 32.0. The second-order valence-corrected chi connectivity index (χ2v) is 21.3. The van der Waals surface area contributed by atoms with Crippen LogP contribution >= 0.6 is 0 Å².